The molecule has 0 radical (unpaired) electrons. The van der Waals surface area contributed by atoms with Crippen molar-refractivity contribution in [1.82, 2.24) is 0 Å². The van der Waals surface area contributed by atoms with Crippen molar-refractivity contribution < 1.29 is 43.1 Å². The molecule has 0 amide bonds. The molecule has 0 aliphatic carbocycles. The van der Waals surface area contributed by atoms with Crippen molar-refractivity contribution in [1.29, 1.82) is 0 Å². The minimum Gasteiger partial charge on any atom is -0.497 e. The van der Waals surface area contributed by atoms with E-state index < -0.39 is 49.3 Å². The Balaban J connectivity index is 1.68. The van der Waals surface area contributed by atoms with E-state index in [9.17, 15) is 14.7 Å². The van der Waals surface area contributed by atoms with E-state index in [1.54, 1.807) is 92.0 Å². The molecule has 9 nitrogen and oxygen atoms in total. The van der Waals surface area contributed by atoms with Crippen molar-refractivity contribution in [2.45, 2.75) is 30.7 Å². The van der Waals surface area contributed by atoms with Gasteiger partial charge in [-0.1, -0.05) is 42.5 Å². The summed E-state index contributed by atoms with van der Waals surface area (Å²) in [5.74, 6) is -0.305. The second-order valence-corrected chi connectivity index (χ2v) is 8.58. The second-order valence-electron chi connectivity index (χ2n) is 8.58. The quantitative estimate of drug-likeness (QED) is 0.290. The number of esters is 2. The summed E-state index contributed by atoms with van der Waals surface area (Å²) in [5, 5.41) is 10.2. The Bertz CT molecular complexity index is 1210. The molecule has 1 heterocycles. The standard InChI is InChI=1S/C30H30O9/c1-3-18-35-26-25(38-28(32)20-10-6-4-7-11-20)24(19-31)37-30(36-23-16-14-22(34-2)15-17-23)27(26)39-29(33)21-12-8-5-9-13-21/h3-17,24-27,30-31H,1,18-19H2,2H3/t24-,25+,26+,27-,30-/m1/s1. The van der Waals surface area contributed by atoms with Crippen LogP contribution in [0.3, 0.4) is 0 Å². The molecule has 1 aliphatic heterocycles. The monoisotopic (exact) mass is 534 g/mol. The predicted molar refractivity (Wildman–Crippen MR) is 141 cm³/mol. The van der Waals surface area contributed by atoms with E-state index in [1.165, 1.54) is 6.08 Å². The van der Waals surface area contributed by atoms with Gasteiger partial charge in [0.2, 0.25) is 6.29 Å². The van der Waals surface area contributed by atoms with Crippen LogP contribution < -0.4 is 9.47 Å². The molecule has 0 bridgehead atoms. The van der Waals surface area contributed by atoms with Crippen LogP contribution in [0.25, 0.3) is 0 Å². The molecule has 5 atom stereocenters. The van der Waals surface area contributed by atoms with Crippen LogP contribution in [0, 0.1) is 0 Å². The first kappa shape index (κ1) is 27.8. The molecule has 0 spiro atoms. The lowest BCUT2D eigenvalue weighted by Gasteiger charge is -2.44. The summed E-state index contributed by atoms with van der Waals surface area (Å²) in [7, 11) is 1.55. The van der Waals surface area contributed by atoms with Crippen molar-refractivity contribution in [2.75, 3.05) is 20.3 Å². The van der Waals surface area contributed by atoms with Crippen molar-refractivity contribution in [2.24, 2.45) is 0 Å². The average Bonchev–Trinajstić information content (AvgIpc) is 2.99. The molecule has 1 fully saturated rings. The highest BCUT2D eigenvalue weighted by Gasteiger charge is 2.52. The van der Waals surface area contributed by atoms with Crippen LogP contribution >= 0.6 is 0 Å². The van der Waals surface area contributed by atoms with Gasteiger partial charge in [0.25, 0.3) is 0 Å². The van der Waals surface area contributed by atoms with Crippen LogP contribution in [-0.2, 0) is 18.9 Å². The van der Waals surface area contributed by atoms with Crippen molar-refractivity contribution >= 4 is 11.9 Å². The zero-order valence-corrected chi connectivity index (χ0v) is 21.4. The van der Waals surface area contributed by atoms with Crippen LogP contribution in [0.15, 0.2) is 97.6 Å². The van der Waals surface area contributed by atoms with Gasteiger partial charge in [0.1, 0.15) is 23.7 Å². The van der Waals surface area contributed by atoms with E-state index in [2.05, 4.69) is 6.58 Å². The summed E-state index contributed by atoms with van der Waals surface area (Å²) in [6.45, 7) is 3.20. The topological polar surface area (TPSA) is 110 Å². The Morgan fingerprint density at radius 2 is 1.36 bits per heavy atom. The highest BCUT2D eigenvalue weighted by atomic mass is 16.7. The molecule has 0 saturated carbocycles. The second kappa shape index (κ2) is 13.6. The number of hydrogen-bond acceptors (Lipinski definition) is 9. The van der Waals surface area contributed by atoms with Crippen LogP contribution in [0.4, 0.5) is 0 Å². The van der Waals surface area contributed by atoms with Crippen molar-refractivity contribution in [3.8, 4) is 11.5 Å². The highest BCUT2D eigenvalue weighted by Crippen LogP contribution is 2.32. The van der Waals surface area contributed by atoms with Crippen molar-refractivity contribution in [3.63, 3.8) is 0 Å². The molecule has 1 saturated heterocycles. The number of aliphatic hydroxyl groups excluding tert-OH is 1. The van der Waals surface area contributed by atoms with E-state index in [4.69, 9.17) is 28.4 Å². The highest BCUT2D eigenvalue weighted by molar-refractivity contribution is 5.90. The molecule has 204 valence electrons. The third kappa shape index (κ3) is 7.02. The maximum atomic E-state index is 13.1. The number of aliphatic hydroxyl groups is 1. The number of carbonyl (C=O) groups excluding carboxylic acids is 2. The summed E-state index contributed by atoms with van der Waals surface area (Å²) in [6, 6.07) is 23.5. The average molecular weight is 535 g/mol. The summed E-state index contributed by atoms with van der Waals surface area (Å²) >= 11 is 0. The van der Waals surface area contributed by atoms with Gasteiger partial charge in [0.15, 0.2) is 12.2 Å². The first-order chi connectivity index (χ1) is 19.0. The molecule has 3 aromatic carbocycles. The molecule has 0 unspecified atom stereocenters. The largest absolute Gasteiger partial charge is 0.497 e. The maximum Gasteiger partial charge on any atom is 0.338 e. The molecule has 1 aliphatic rings. The van der Waals surface area contributed by atoms with Crippen molar-refractivity contribution in [3.05, 3.63) is 109 Å². The zero-order chi connectivity index (χ0) is 27.6. The molecule has 0 aromatic heterocycles. The first-order valence-electron chi connectivity index (χ1n) is 12.4. The summed E-state index contributed by atoms with van der Waals surface area (Å²) in [4.78, 5) is 26.1. The van der Waals surface area contributed by atoms with E-state index in [0.717, 1.165) is 0 Å². The predicted octanol–water partition coefficient (Wildman–Crippen LogP) is 3.81. The minimum atomic E-state index is -1.22. The third-order valence-corrected chi connectivity index (χ3v) is 5.99. The summed E-state index contributed by atoms with van der Waals surface area (Å²) in [6.07, 6.45) is -4.18. The number of benzene rings is 3. The lowest BCUT2D eigenvalue weighted by molar-refractivity contribution is -0.282. The molecule has 3 aromatic rings. The van der Waals surface area contributed by atoms with Crippen LogP contribution in [-0.4, -0.2) is 68.1 Å². The van der Waals surface area contributed by atoms with E-state index in [-0.39, 0.29) is 6.61 Å². The van der Waals surface area contributed by atoms with Gasteiger partial charge >= 0.3 is 11.9 Å². The lowest BCUT2D eigenvalue weighted by Crippen LogP contribution is -2.63. The number of carbonyl (C=O) groups is 2. The van der Waals surface area contributed by atoms with Gasteiger partial charge in [0.05, 0.1) is 31.5 Å². The Kier molecular flexibility index (Phi) is 9.69. The lowest BCUT2D eigenvalue weighted by atomic mass is 9.98. The Morgan fingerprint density at radius 3 is 1.87 bits per heavy atom. The minimum absolute atomic E-state index is 0.0385. The van der Waals surface area contributed by atoms with Gasteiger partial charge in [-0.05, 0) is 48.5 Å². The summed E-state index contributed by atoms with van der Waals surface area (Å²) < 4.78 is 35.0. The smallest absolute Gasteiger partial charge is 0.338 e. The van der Waals surface area contributed by atoms with Gasteiger partial charge in [-0.25, -0.2) is 9.59 Å². The zero-order valence-electron chi connectivity index (χ0n) is 21.4. The number of ether oxygens (including phenoxy) is 6. The first-order valence-corrected chi connectivity index (χ1v) is 12.4. The van der Waals surface area contributed by atoms with Gasteiger partial charge in [0, 0.05) is 0 Å². The van der Waals surface area contributed by atoms with Crippen LogP contribution in [0.2, 0.25) is 0 Å². The Labute approximate surface area is 226 Å². The normalized spacial score (nSPS) is 22.4. The SMILES string of the molecule is C=CCO[C@H]1[C@@H](OC(=O)c2ccccc2)[C@@H](CO)O[C@@H](Oc2ccc(OC)cc2)[C@@H]1OC(=O)c1ccccc1. The fourth-order valence-electron chi connectivity index (χ4n) is 4.08. The third-order valence-electron chi connectivity index (χ3n) is 5.99. The van der Waals surface area contributed by atoms with Gasteiger partial charge < -0.3 is 33.5 Å². The molecule has 9 heteroatoms. The summed E-state index contributed by atoms with van der Waals surface area (Å²) in [5.41, 5.74) is 0.594. The van der Waals surface area contributed by atoms with Crippen LogP contribution in [0.1, 0.15) is 20.7 Å². The molecule has 4 rings (SSSR count). The van der Waals surface area contributed by atoms with Gasteiger partial charge in [-0.3, -0.25) is 0 Å². The maximum absolute atomic E-state index is 13.1. The molecule has 1 N–H and O–H groups in total. The Hall–Kier alpha value is -4.18. The number of rotatable bonds is 11. The van der Waals surface area contributed by atoms with Gasteiger partial charge in [-0.2, -0.15) is 0 Å². The number of hydrogen-bond donors (Lipinski definition) is 1. The van der Waals surface area contributed by atoms with Gasteiger partial charge in [-0.15, -0.1) is 6.58 Å². The fraction of sp³-hybridized carbons (Fsp3) is 0.267. The molecular weight excluding hydrogens is 504 g/mol. The van der Waals surface area contributed by atoms with E-state index in [0.29, 0.717) is 22.6 Å². The van der Waals surface area contributed by atoms with E-state index >= 15 is 0 Å². The Morgan fingerprint density at radius 1 is 0.821 bits per heavy atom. The molecular formula is C30H30O9. The van der Waals surface area contributed by atoms with Crippen LogP contribution in [0.5, 0.6) is 11.5 Å². The number of methoxy groups -OCH3 is 1. The fourth-order valence-corrected chi connectivity index (χ4v) is 4.08. The van der Waals surface area contributed by atoms with E-state index in [1.807, 2.05) is 0 Å². The molecule has 39 heavy (non-hydrogen) atoms.